The number of aldehydes is 1. The van der Waals surface area contributed by atoms with Gasteiger partial charge in [0.15, 0.2) is 6.29 Å². The highest BCUT2D eigenvalue weighted by molar-refractivity contribution is 7.99. The number of ether oxygens (including phenoxy) is 1. The van der Waals surface area contributed by atoms with Crippen LogP contribution in [0.2, 0.25) is 5.02 Å². The zero-order valence-electron chi connectivity index (χ0n) is 20.6. The molecule has 1 aliphatic carbocycles. The van der Waals surface area contributed by atoms with Crippen LogP contribution in [0.4, 0.5) is 4.79 Å². The summed E-state index contributed by atoms with van der Waals surface area (Å²) in [6.45, 7) is 4.47. The summed E-state index contributed by atoms with van der Waals surface area (Å²) in [6, 6.07) is 25.3. The van der Waals surface area contributed by atoms with E-state index >= 15 is 0 Å². The number of halogens is 1. The molecule has 5 rings (SSSR count). The van der Waals surface area contributed by atoms with Gasteiger partial charge >= 0.3 is 6.09 Å². The van der Waals surface area contributed by atoms with Crippen LogP contribution in [0.25, 0.3) is 11.1 Å². The molecule has 3 aromatic carbocycles. The van der Waals surface area contributed by atoms with Crippen LogP contribution in [0, 0.1) is 0 Å². The van der Waals surface area contributed by atoms with Crippen molar-refractivity contribution in [1.82, 2.24) is 10.3 Å². The predicted molar refractivity (Wildman–Crippen MR) is 148 cm³/mol. The number of aromatic nitrogens is 1. The normalized spacial score (nSPS) is 11.5. The maximum absolute atomic E-state index is 12.6. The molecule has 0 unspecified atom stereocenters. The van der Waals surface area contributed by atoms with Crippen LogP contribution < -0.4 is 5.32 Å². The highest BCUT2D eigenvalue weighted by atomic mass is 35.5. The molecule has 1 aliphatic rings. The predicted octanol–water partition coefficient (Wildman–Crippen LogP) is 7.76. The van der Waals surface area contributed by atoms with Crippen molar-refractivity contribution >= 4 is 35.7 Å². The van der Waals surface area contributed by atoms with Crippen molar-refractivity contribution in [3.05, 3.63) is 112 Å². The van der Waals surface area contributed by atoms with Gasteiger partial charge in [-0.05, 0) is 46.0 Å². The zero-order chi connectivity index (χ0) is 26.2. The number of hydrogen-bond acceptors (Lipinski definition) is 5. The van der Waals surface area contributed by atoms with E-state index in [1.54, 1.807) is 24.4 Å². The van der Waals surface area contributed by atoms with Crippen LogP contribution in [0.5, 0.6) is 0 Å². The Balaban J connectivity index is 0.00000156. The first-order valence-electron chi connectivity index (χ1n) is 12.1. The van der Waals surface area contributed by atoms with Crippen LogP contribution in [-0.4, -0.2) is 24.0 Å². The van der Waals surface area contributed by atoms with Crippen molar-refractivity contribution in [3.63, 3.8) is 0 Å². The van der Waals surface area contributed by atoms with Gasteiger partial charge in [0.2, 0.25) is 0 Å². The van der Waals surface area contributed by atoms with Gasteiger partial charge in [-0.2, -0.15) is 0 Å². The molecule has 188 valence electrons. The Morgan fingerprint density at radius 2 is 1.65 bits per heavy atom. The summed E-state index contributed by atoms with van der Waals surface area (Å²) in [7, 11) is 0. The van der Waals surface area contributed by atoms with Crippen LogP contribution >= 0.6 is 23.4 Å². The van der Waals surface area contributed by atoms with Gasteiger partial charge in [0.25, 0.3) is 0 Å². The second-order valence-corrected chi connectivity index (χ2v) is 9.43. The van der Waals surface area contributed by atoms with E-state index in [4.69, 9.17) is 16.3 Å². The quantitative estimate of drug-likeness (QED) is 0.247. The molecule has 37 heavy (non-hydrogen) atoms. The number of benzene rings is 3. The third-order valence-corrected chi connectivity index (χ3v) is 7.59. The average molecular weight is 531 g/mol. The fraction of sp³-hybridized carbons (Fsp3) is 0.167. The van der Waals surface area contributed by atoms with Gasteiger partial charge in [0.1, 0.15) is 11.6 Å². The molecule has 0 atom stereocenters. The third kappa shape index (κ3) is 5.87. The minimum Gasteiger partial charge on any atom is -0.449 e. The van der Waals surface area contributed by atoms with E-state index in [9.17, 15) is 9.59 Å². The number of nitrogens with zero attached hydrogens (tertiary/aromatic N) is 1. The van der Waals surface area contributed by atoms with Crippen molar-refractivity contribution in [2.24, 2.45) is 0 Å². The Bertz CT molecular complexity index is 1360. The first-order chi connectivity index (χ1) is 18.2. The topological polar surface area (TPSA) is 68.3 Å². The van der Waals surface area contributed by atoms with Gasteiger partial charge in [-0.3, -0.25) is 4.79 Å². The van der Waals surface area contributed by atoms with Crippen molar-refractivity contribution < 1.29 is 14.3 Å². The van der Waals surface area contributed by atoms with E-state index in [2.05, 4.69) is 34.6 Å². The van der Waals surface area contributed by atoms with Crippen LogP contribution in [0.15, 0.2) is 95.0 Å². The number of carbonyl (C=O) groups excluding carboxylic acids is 2. The highest BCUT2D eigenvalue weighted by Gasteiger charge is 2.29. The average Bonchev–Trinajstić information content (AvgIpc) is 3.27. The maximum atomic E-state index is 12.6. The Morgan fingerprint density at radius 1 is 0.973 bits per heavy atom. The van der Waals surface area contributed by atoms with E-state index in [1.807, 2.05) is 50.2 Å². The lowest BCUT2D eigenvalue weighted by molar-refractivity contribution is 0.112. The summed E-state index contributed by atoms with van der Waals surface area (Å²) in [4.78, 5) is 29.0. The monoisotopic (exact) mass is 530 g/mol. The summed E-state index contributed by atoms with van der Waals surface area (Å²) in [5.74, 6) is -0.00338. The van der Waals surface area contributed by atoms with Gasteiger partial charge in [-0.1, -0.05) is 97.9 Å². The SMILES string of the molecule is CC.O=Cc1cccnc1Sc1c(Cl)cccc1CNC(=O)OCC1c2ccccc2-c2ccccc21. The molecule has 1 amide bonds. The molecule has 7 heteroatoms. The summed E-state index contributed by atoms with van der Waals surface area (Å²) < 4.78 is 5.64. The number of pyridine rings is 1. The van der Waals surface area contributed by atoms with Crippen LogP contribution in [-0.2, 0) is 11.3 Å². The van der Waals surface area contributed by atoms with E-state index in [1.165, 1.54) is 22.9 Å². The molecular formula is C30H27ClN2O3S. The second-order valence-electron chi connectivity index (χ2n) is 8.02. The standard InChI is InChI=1S/C28H21ClN2O3S.C2H6/c29-25-13-5-7-18(26(25)35-27-19(16-32)8-6-14-30-27)15-31-28(33)34-17-24-22-11-3-1-9-20(22)21-10-2-4-12-23(21)24;1-2/h1-14,16,24H,15,17H2,(H,31,33);1-2H3. The smallest absolute Gasteiger partial charge is 0.407 e. The number of amides is 1. The fourth-order valence-corrected chi connectivity index (χ4v) is 5.59. The first kappa shape index (κ1) is 26.5. The molecule has 1 heterocycles. The van der Waals surface area contributed by atoms with Gasteiger partial charge in [-0.25, -0.2) is 9.78 Å². The molecule has 0 saturated heterocycles. The number of fused-ring (bicyclic) bond motifs is 3. The lowest BCUT2D eigenvalue weighted by atomic mass is 9.98. The lowest BCUT2D eigenvalue weighted by Crippen LogP contribution is -2.26. The molecule has 1 aromatic heterocycles. The van der Waals surface area contributed by atoms with Gasteiger partial charge in [-0.15, -0.1) is 0 Å². The number of alkyl carbamates (subject to hydrolysis) is 1. The fourth-order valence-electron chi connectivity index (χ4n) is 4.30. The number of hydrogen-bond donors (Lipinski definition) is 1. The van der Waals surface area contributed by atoms with E-state index in [0.717, 1.165) is 27.9 Å². The number of rotatable bonds is 7. The molecular weight excluding hydrogens is 504 g/mol. The molecule has 0 fully saturated rings. The number of nitrogens with one attached hydrogen (secondary N) is 1. The van der Waals surface area contributed by atoms with Crippen LogP contribution in [0.1, 0.15) is 46.8 Å². The zero-order valence-corrected chi connectivity index (χ0v) is 22.2. The Labute approximate surface area is 226 Å². The highest BCUT2D eigenvalue weighted by Crippen LogP contribution is 2.44. The summed E-state index contributed by atoms with van der Waals surface area (Å²) in [5.41, 5.74) is 5.97. The molecule has 0 bridgehead atoms. The van der Waals surface area contributed by atoms with Crippen LogP contribution in [0.3, 0.4) is 0 Å². The van der Waals surface area contributed by atoms with Gasteiger partial charge < -0.3 is 10.1 Å². The summed E-state index contributed by atoms with van der Waals surface area (Å²) in [6.07, 6.45) is 1.89. The van der Waals surface area contributed by atoms with Gasteiger partial charge in [0.05, 0.1) is 5.02 Å². The Kier molecular flexibility index (Phi) is 8.99. The summed E-state index contributed by atoms with van der Waals surface area (Å²) in [5, 5.41) is 3.90. The molecule has 5 nitrogen and oxygen atoms in total. The Hall–Kier alpha value is -3.61. The van der Waals surface area contributed by atoms with Gasteiger partial charge in [0, 0.05) is 29.1 Å². The Morgan fingerprint density at radius 3 is 2.32 bits per heavy atom. The molecule has 0 saturated carbocycles. The number of carbonyl (C=O) groups is 2. The maximum Gasteiger partial charge on any atom is 0.407 e. The molecule has 0 spiro atoms. The van der Waals surface area contributed by atoms with Crippen molar-refractivity contribution in [2.75, 3.05) is 6.61 Å². The molecule has 4 aromatic rings. The van der Waals surface area contributed by atoms with E-state index < -0.39 is 6.09 Å². The second kappa shape index (κ2) is 12.6. The van der Waals surface area contributed by atoms with E-state index in [-0.39, 0.29) is 19.1 Å². The van der Waals surface area contributed by atoms with E-state index in [0.29, 0.717) is 15.6 Å². The molecule has 0 aliphatic heterocycles. The third-order valence-electron chi connectivity index (χ3n) is 5.94. The largest absolute Gasteiger partial charge is 0.449 e. The molecule has 1 N–H and O–H groups in total. The lowest BCUT2D eigenvalue weighted by Gasteiger charge is -2.15. The summed E-state index contributed by atoms with van der Waals surface area (Å²) >= 11 is 7.75. The van der Waals surface area contributed by atoms with Crippen molar-refractivity contribution in [3.8, 4) is 11.1 Å². The minimum absolute atomic E-state index is 0.00338. The molecule has 0 radical (unpaired) electrons. The first-order valence-corrected chi connectivity index (χ1v) is 13.3. The van der Waals surface area contributed by atoms with Crippen molar-refractivity contribution in [2.45, 2.75) is 36.2 Å². The van der Waals surface area contributed by atoms with Crippen molar-refractivity contribution in [1.29, 1.82) is 0 Å². The minimum atomic E-state index is -0.505.